The third-order valence-corrected chi connectivity index (χ3v) is 5.03. The smallest absolute Gasteiger partial charge is 0.191 e. The van der Waals surface area contributed by atoms with Crippen LogP contribution in [0, 0.1) is 0 Å². The monoisotopic (exact) mass is 322 g/mol. The minimum Gasteiger partial charge on any atom is -0.357 e. The molecule has 1 aromatic rings. The van der Waals surface area contributed by atoms with E-state index in [9.17, 15) is 0 Å². The number of aliphatic imine (C=N–C) groups is 1. The first-order valence-corrected chi connectivity index (χ1v) is 9.46. The lowest BCUT2D eigenvalue weighted by molar-refractivity contribution is 0.159. The molecule has 1 fully saturated rings. The molecule has 0 saturated carbocycles. The molecule has 4 nitrogen and oxygen atoms in total. The zero-order chi connectivity index (χ0) is 15.6. The van der Waals surface area contributed by atoms with Crippen molar-refractivity contribution in [3.05, 3.63) is 22.4 Å². The molecule has 1 atom stereocenters. The fourth-order valence-electron chi connectivity index (χ4n) is 2.88. The highest BCUT2D eigenvalue weighted by atomic mass is 32.1. The predicted octanol–water partition coefficient (Wildman–Crippen LogP) is 3.07. The zero-order valence-corrected chi connectivity index (χ0v) is 14.8. The van der Waals surface area contributed by atoms with Gasteiger partial charge in [0.1, 0.15) is 0 Å². The lowest BCUT2D eigenvalue weighted by Crippen LogP contribution is -2.41. The fourth-order valence-corrected chi connectivity index (χ4v) is 3.51. The van der Waals surface area contributed by atoms with Gasteiger partial charge >= 0.3 is 0 Å². The Morgan fingerprint density at radius 3 is 3.05 bits per heavy atom. The summed E-state index contributed by atoms with van der Waals surface area (Å²) >= 11 is 1.76. The maximum absolute atomic E-state index is 4.65. The van der Waals surface area contributed by atoms with Gasteiger partial charge in [-0.1, -0.05) is 12.5 Å². The molecule has 0 radical (unpaired) electrons. The molecule has 1 unspecified atom stereocenters. The van der Waals surface area contributed by atoms with Crippen LogP contribution in [0.2, 0.25) is 0 Å². The molecule has 1 aromatic heterocycles. The van der Waals surface area contributed by atoms with Gasteiger partial charge in [0, 0.05) is 30.6 Å². The summed E-state index contributed by atoms with van der Waals surface area (Å²) in [5.74, 6) is 0.933. The largest absolute Gasteiger partial charge is 0.357 e. The zero-order valence-electron chi connectivity index (χ0n) is 14.0. The van der Waals surface area contributed by atoms with Crippen molar-refractivity contribution in [2.24, 2.45) is 4.99 Å². The summed E-state index contributed by atoms with van der Waals surface area (Å²) in [6, 6.07) is 4.97. The van der Waals surface area contributed by atoms with Crippen LogP contribution in [-0.4, -0.2) is 43.1 Å². The van der Waals surface area contributed by atoms with Crippen molar-refractivity contribution in [3.63, 3.8) is 0 Å². The Hall–Kier alpha value is -1.07. The van der Waals surface area contributed by atoms with Gasteiger partial charge in [0.15, 0.2) is 5.96 Å². The van der Waals surface area contributed by atoms with Crippen molar-refractivity contribution in [1.82, 2.24) is 15.5 Å². The van der Waals surface area contributed by atoms with Crippen LogP contribution >= 0.6 is 11.3 Å². The Balaban J connectivity index is 1.68. The van der Waals surface area contributed by atoms with Crippen LogP contribution in [0.25, 0.3) is 0 Å². The second-order valence-electron chi connectivity index (χ2n) is 5.94. The number of hydrogen-bond donors (Lipinski definition) is 2. The topological polar surface area (TPSA) is 39.7 Å². The van der Waals surface area contributed by atoms with Crippen molar-refractivity contribution < 1.29 is 0 Å². The van der Waals surface area contributed by atoms with Crippen molar-refractivity contribution in [2.75, 3.05) is 26.2 Å². The molecular weight excluding hydrogens is 292 g/mol. The van der Waals surface area contributed by atoms with Crippen molar-refractivity contribution in [3.8, 4) is 0 Å². The SMILES string of the molecule is CCNC(=NCc1cccs1)NCCCN1CCCCC1C. The number of thiophene rings is 1. The van der Waals surface area contributed by atoms with Crippen molar-refractivity contribution >= 4 is 17.3 Å². The Morgan fingerprint density at radius 2 is 2.32 bits per heavy atom. The Bertz CT molecular complexity index is 430. The van der Waals surface area contributed by atoms with Gasteiger partial charge in [-0.2, -0.15) is 0 Å². The number of nitrogens with zero attached hydrogens (tertiary/aromatic N) is 2. The maximum atomic E-state index is 4.65. The summed E-state index contributed by atoms with van der Waals surface area (Å²) in [5, 5.41) is 8.88. The van der Waals surface area contributed by atoms with Crippen LogP contribution < -0.4 is 10.6 Å². The molecule has 0 amide bonds. The number of hydrogen-bond acceptors (Lipinski definition) is 3. The standard InChI is InChI=1S/C17H30N4S/c1-3-18-17(20-14-16-9-6-13-22-16)19-10-7-12-21-11-5-4-8-15(21)2/h6,9,13,15H,3-5,7-8,10-12,14H2,1-2H3,(H2,18,19,20). The van der Waals surface area contributed by atoms with E-state index in [0.717, 1.165) is 31.6 Å². The van der Waals surface area contributed by atoms with Crippen LogP contribution in [-0.2, 0) is 6.54 Å². The molecule has 5 heteroatoms. The normalized spacial score (nSPS) is 20.1. The van der Waals surface area contributed by atoms with Crippen molar-refractivity contribution in [2.45, 2.75) is 52.1 Å². The lowest BCUT2D eigenvalue weighted by Gasteiger charge is -2.33. The fraction of sp³-hybridized carbons (Fsp3) is 0.706. The molecule has 0 bridgehead atoms. The summed E-state index contributed by atoms with van der Waals surface area (Å²) in [7, 11) is 0. The van der Waals surface area contributed by atoms with Gasteiger partial charge in [-0.3, -0.25) is 0 Å². The molecule has 1 aliphatic heterocycles. The van der Waals surface area contributed by atoms with Gasteiger partial charge in [-0.15, -0.1) is 11.3 Å². The molecule has 0 aliphatic carbocycles. The van der Waals surface area contributed by atoms with E-state index in [2.05, 4.69) is 51.9 Å². The van der Waals surface area contributed by atoms with Crippen LogP contribution in [0.15, 0.2) is 22.5 Å². The van der Waals surface area contributed by atoms with E-state index in [1.165, 1.54) is 43.6 Å². The molecule has 1 aliphatic rings. The van der Waals surface area contributed by atoms with Gasteiger partial charge < -0.3 is 15.5 Å². The Morgan fingerprint density at radius 1 is 1.41 bits per heavy atom. The van der Waals surface area contributed by atoms with Crippen LogP contribution in [0.5, 0.6) is 0 Å². The van der Waals surface area contributed by atoms with Crippen LogP contribution in [0.4, 0.5) is 0 Å². The van der Waals surface area contributed by atoms with E-state index < -0.39 is 0 Å². The first-order chi connectivity index (χ1) is 10.8. The van der Waals surface area contributed by atoms with Crippen molar-refractivity contribution in [1.29, 1.82) is 0 Å². The summed E-state index contributed by atoms with van der Waals surface area (Å²) in [6.07, 6.45) is 5.30. The molecule has 2 heterocycles. The summed E-state index contributed by atoms with van der Waals surface area (Å²) in [6.45, 7) is 9.58. The minimum absolute atomic E-state index is 0.759. The van der Waals surface area contributed by atoms with Gasteiger partial charge in [0.2, 0.25) is 0 Å². The highest BCUT2D eigenvalue weighted by Crippen LogP contribution is 2.16. The Kier molecular flexibility index (Phi) is 7.74. The predicted molar refractivity (Wildman–Crippen MR) is 96.6 cm³/mol. The van der Waals surface area contributed by atoms with Gasteiger partial charge in [0.05, 0.1) is 6.54 Å². The third-order valence-electron chi connectivity index (χ3n) is 4.17. The van der Waals surface area contributed by atoms with Crippen LogP contribution in [0.1, 0.15) is 44.4 Å². The van der Waals surface area contributed by atoms with E-state index in [1.807, 2.05) is 0 Å². The summed E-state index contributed by atoms with van der Waals surface area (Å²) in [5.41, 5.74) is 0. The van der Waals surface area contributed by atoms with Gasteiger partial charge in [-0.05, 0) is 51.1 Å². The molecule has 2 rings (SSSR count). The number of nitrogens with one attached hydrogen (secondary N) is 2. The lowest BCUT2D eigenvalue weighted by atomic mass is 10.0. The first kappa shape index (κ1) is 17.3. The number of rotatable bonds is 7. The molecule has 22 heavy (non-hydrogen) atoms. The summed E-state index contributed by atoms with van der Waals surface area (Å²) < 4.78 is 0. The summed E-state index contributed by atoms with van der Waals surface area (Å²) in [4.78, 5) is 8.58. The molecule has 1 saturated heterocycles. The maximum Gasteiger partial charge on any atom is 0.191 e. The van der Waals surface area contributed by atoms with E-state index in [4.69, 9.17) is 0 Å². The number of likely N-dealkylation sites (tertiary alicyclic amines) is 1. The average Bonchev–Trinajstić information content (AvgIpc) is 3.04. The van der Waals surface area contributed by atoms with E-state index in [-0.39, 0.29) is 0 Å². The van der Waals surface area contributed by atoms with Gasteiger partial charge in [-0.25, -0.2) is 4.99 Å². The number of guanidine groups is 1. The molecule has 0 aromatic carbocycles. The highest BCUT2D eigenvalue weighted by molar-refractivity contribution is 7.09. The molecule has 124 valence electrons. The number of piperidine rings is 1. The minimum atomic E-state index is 0.759. The van der Waals surface area contributed by atoms with Gasteiger partial charge in [0.25, 0.3) is 0 Å². The Labute approximate surface area is 139 Å². The second kappa shape index (κ2) is 9.85. The van der Waals surface area contributed by atoms with E-state index in [0.29, 0.717) is 0 Å². The van der Waals surface area contributed by atoms with Crippen LogP contribution in [0.3, 0.4) is 0 Å². The van der Waals surface area contributed by atoms with E-state index in [1.54, 1.807) is 11.3 Å². The highest BCUT2D eigenvalue weighted by Gasteiger charge is 2.16. The quantitative estimate of drug-likeness (QED) is 0.460. The molecule has 2 N–H and O–H groups in total. The molecular formula is C17H30N4S. The van der Waals surface area contributed by atoms with E-state index >= 15 is 0 Å². The second-order valence-corrected chi connectivity index (χ2v) is 6.97. The molecule has 0 spiro atoms. The third kappa shape index (κ3) is 5.97. The average molecular weight is 323 g/mol. The first-order valence-electron chi connectivity index (χ1n) is 8.58.